The molecule has 0 radical (unpaired) electrons. The number of rotatable bonds is 3. The van der Waals surface area contributed by atoms with Crippen LogP contribution in [-0.2, 0) is 0 Å². The maximum absolute atomic E-state index is 12.8. The number of hydrogen-bond acceptors (Lipinski definition) is 3. The zero-order valence-corrected chi connectivity index (χ0v) is 16.2. The zero-order valence-electron chi connectivity index (χ0n) is 16.2. The molecule has 0 aliphatic carbocycles. The molecule has 1 aliphatic rings. The molecule has 0 unspecified atom stereocenters. The lowest BCUT2D eigenvalue weighted by atomic mass is 9.91. The molecule has 25 heavy (non-hydrogen) atoms. The summed E-state index contributed by atoms with van der Waals surface area (Å²) in [5, 5.41) is 5.93. The molecule has 2 N–H and O–H groups in total. The van der Waals surface area contributed by atoms with Crippen molar-refractivity contribution in [1.82, 2.24) is 15.5 Å². The van der Waals surface area contributed by atoms with Gasteiger partial charge in [-0.3, -0.25) is 4.79 Å². The third-order valence-electron chi connectivity index (χ3n) is 4.57. The molecule has 140 valence electrons. The number of amides is 3. The minimum atomic E-state index is -0.269. The van der Waals surface area contributed by atoms with Gasteiger partial charge in [-0.2, -0.15) is 0 Å². The Morgan fingerprint density at radius 2 is 2.00 bits per heavy atom. The SMILES string of the molecule is Cc1cc(C(=O)N2CCC[C@H]([C@H](C)NC(=O)NC(C)(C)C)C2)c(C)o1. The molecular weight excluding hydrogens is 318 g/mol. The van der Waals surface area contributed by atoms with Crippen molar-refractivity contribution in [3.8, 4) is 0 Å². The van der Waals surface area contributed by atoms with Crippen molar-refractivity contribution in [2.24, 2.45) is 5.92 Å². The van der Waals surface area contributed by atoms with E-state index in [9.17, 15) is 9.59 Å². The topological polar surface area (TPSA) is 74.6 Å². The number of nitrogens with one attached hydrogen (secondary N) is 2. The largest absolute Gasteiger partial charge is 0.466 e. The van der Waals surface area contributed by atoms with E-state index in [4.69, 9.17) is 4.42 Å². The number of likely N-dealkylation sites (tertiary alicyclic amines) is 1. The summed E-state index contributed by atoms with van der Waals surface area (Å²) in [6.07, 6.45) is 1.95. The highest BCUT2D eigenvalue weighted by Gasteiger charge is 2.30. The molecule has 1 fully saturated rings. The summed E-state index contributed by atoms with van der Waals surface area (Å²) in [5.41, 5.74) is 0.374. The van der Waals surface area contributed by atoms with Crippen LogP contribution in [0.1, 0.15) is 62.4 Å². The van der Waals surface area contributed by atoms with Crippen molar-refractivity contribution >= 4 is 11.9 Å². The van der Waals surface area contributed by atoms with Crippen LogP contribution >= 0.6 is 0 Å². The van der Waals surface area contributed by atoms with Crippen LogP contribution < -0.4 is 10.6 Å². The summed E-state index contributed by atoms with van der Waals surface area (Å²) in [6.45, 7) is 12.9. The van der Waals surface area contributed by atoms with Gasteiger partial charge in [0.2, 0.25) is 0 Å². The second-order valence-corrected chi connectivity index (χ2v) is 8.12. The summed E-state index contributed by atoms with van der Waals surface area (Å²) < 4.78 is 5.49. The predicted octanol–water partition coefficient (Wildman–Crippen LogP) is 3.23. The van der Waals surface area contributed by atoms with Gasteiger partial charge in [-0.1, -0.05) is 0 Å². The summed E-state index contributed by atoms with van der Waals surface area (Å²) >= 11 is 0. The highest BCUT2D eigenvalue weighted by Crippen LogP contribution is 2.23. The van der Waals surface area contributed by atoms with Gasteiger partial charge in [0, 0.05) is 24.7 Å². The van der Waals surface area contributed by atoms with Crippen molar-refractivity contribution in [2.45, 2.75) is 66.0 Å². The maximum Gasteiger partial charge on any atom is 0.315 e. The van der Waals surface area contributed by atoms with E-state index in [1.807, 2.05) is 46.4 Å². The predicted molar refractivity (Wildman–Crippen MR) is 97.7 cm³/mol. The highest BCUT2D eigenvalue weighted by atomic mass is 16.3. The molecule has 2 heterocycles. The van der Waals surface area contributed by atoms with Gasteiger partial charge < -0.3 is 20.0 Å². The van der Waals surface area contributed by atoms with Crippen molar-refractivity contribution in [3.05, 3.63) is 23.2 Å². The standard InChI is InChI=1S/C19H31N3O3/c1-12-10-16(14(3)25-12)17(23)22-9-7-8-15(11-22)13(2)20-18(24)21-19(4,5)6/h10,13,15H,7-9,11H2,1-6H3,(H2,20,21,24)/t13-,15-/m0/s1. The fourth-order valence-electron chi connectivity index (χ4n) is 3.32. The van der Waals surface area contributed by atoms with Crippen molar-refractivity contribution < 1.29 is 14.0 Å². The molecule has 2 rings (SSSR count). The molecule has 1 aromatic heterocycles. The number of urea groups is 1. The molecule has 6 heteroatoms. The molecule has 3 amide bonds. The normalized spacial score (nSPS) is 19.4. The first-order chi connectivity index (χ1) is 11.6. The molecule has 0 bridgehead atoms. The third-order valence-corrected chi connectivity index (χ3v) is 4.57. The monoisotopic (exact) mass is 349 g/mol. The van der Waals surface area contributed by atoms with Crippen molar-refractivity contribution in [3.63, 3.8) is 0 Å². The number of piperidine rings is 1. The molecule has 6 nitrogen and oxygen atoms in total. The first-order valence-corrected chi connectivity index (χ1v) is 9.02. The highest BCUT2D eigenvalue weighted by molar-refractivity contribution is 5.95. The molecule has 0 saturated carbocycles. The Bertz CT molecular complexity index is 630. The number of carbonyl (C=O) groups excluding carboxylic acids is 2. The maximum atomic E-state index is 12.8. The Labute approximate surface area is 150 Å². The first kappa shape index (κ1) is 19.3. The summed E-state index contributed by atoms with van der Waals surface area (Å²) in [7, 11) is 0. The van der Waals surface area contributed by atoms with E-state index < -0.39 is 0 Å². The minimum Gasteiger partial charge on any atom is -0.466 e. The lowest BCUT2D eigenvalue weighted by Gasteiger charge is -2.36. The van der Waals surface area contributed by atoms with Crippen LogP contribution in [0.15, 0.2) is 10.5 Å². The van der Waals surface area contributed by atoms with E-state index in [1.165, 1.54) is 0 Å². The lowest BCUT2D eigenvalue weighted by Crippen LogP contribution is -2.53. The van der Waals surface area contributed by atoms with Gasteiger partial charge in [-0.05, 0) is 66.4 Å². The lowest BCUT2D eigenvalue weighted by molar-refractivity contribution is 0.0652. The molecule has 2 atom stereocenters. The van der Waals surface area contributed by atoms with Gasteiger partial charge in [-0.15, -0.1) is 0 Å². The van der Waals surface area contributed by atoms with Gasteiger partial charge >= 0.3 is 6.03 Å². The summed E-state index contributed by atoms with van der Waals surface area (Å²) in [5.74, 6) is 1.69. The summed E-state index contributed by atoms with van der Waals surface area (Å²) in [4.78, 5) is 26.7. The van der Waals surface area contributed by atoms with Crippen molar-refractivity contribution in [1.29, 1.82) is 0 Å². The quantitative estimate of drug-likeness (QED) is 0.880. The van der Waals surface area contributed by atoms with Crippen LogP contribution in [0, 0.1) is 19.8 Å². The third kappa shape index (κ3) is 5.25. The molecule has 1 saturated heterocycles. The van der Waals surface area contributed by atoms with Crippen LogP contribution in [0.3, 0.4) is 0 Å². The number of aryl methyl sites for hydroxylation is 2. The van der Waals surface area contributed by atoms with Crippen molar-refractivity contribution in [2.75, 3.05) is 13.1 Å². The van der Waals surface area contributed by atoms with Crippen LogP contribution in [0.25, 0.3) is 0 Å². The first-order valence-electron chi connectivity index (χ1n) is 9.02. The zero-order chi connectivity index (χ0) is 18.8. The van der Waals surface area contributed by atoms with Crippen LogP contribution in [0.4, 0.5) is 4.79 Å². The molecular formula is C19H31N3O3. The Hall–Kier alpha value is -1.98. The Morgan fingerprint density at radius 1 is 1.32 bits per heavy atom. The van der Waals surface area contributed by atoms with E-state index in [1.54, 1.807) is 6.07 Å². The van der Waals surface area contributed by atoms with Gasteiger partial charge in [0.05, 0.1) is 5.56 Å². The van der Waals surface area contributed by atoms with Crippen LogP contribution in [0.5, 0.6) is 0 Å². The Morgan fingerprint density at radius 3 is 2.56 bits per heavy atom. The molecule has 1 aromatic rings. The van der Waals surface area contributed by atoms with Gasteiger partial charge in [-0.25, -0.2) is 4.79 Å². The fraction of sp³-hybridized carbons (Fsp3) is 0.684. The molecule has 0 aromatic carbocycles. The van der Waals surface area contributed by atoms with E-state index in [0.29, 0.717) is 17.9 Å². The second kappa shape index (κ2) is 7.50. The van der Waals surface area contributed by atoms with Gasteiger partial charge in [0.15, 0.2) is 0 Å². The fourth-order valence-corrected chi connectivity index (χ4v) is 3.32. The average Bonchev–Trinajstić information content (AvgIpc) is 2.83. The smallest absolute Gasteiger partial charge is 0.315 e. The molecule has 1 aliphatic heterocycles. The van der Waals surface area contributed by atoms with E-state index in [0.717, 1.165) is 25.1 Å². The van der Waals surface area contributed by atoms with Crippen LogP contribution in [0.2, 0.25) is 0 Å². The number of nitrogens with zero attached hydrogens (tertiary/aromatic N) is 1. The minimum absolute atomic E-state index is 0.00475. The number of carbonyl (C=O) groups is 2. The second-order valence-electron chi connectivity index (χ2n) is 8.12. The summed E-state index contributed by atoms with van der Waals surface area (Å²) in [6, 6.07) is 1.65. The van der Waals surface area contributed by atoms with Crippen LogP contribution in [-0.4, -0.2) is 41.5 Å². The Kier molecular flexibility index (Phi) is 5.80. The van der Waals surface area contributed by atoms with Gasteiger partial charge in [0.1, 0.15) is 11.5 Å². The Balaban J connectivity index is 1.97. The van der Waals surface area contributed by atoms with E-state index in [2.05, 4.69) is 10.6 Å². The van der Waals surface area contributed by atoms with Gasteiger partial charge in [0.25, 0.3) is 5.91 Å². The van der Waals surface area contributed by atoms with E-state index in [-0.39, 0.29) is 29.4 Å². The number of hydrogen-bond donors (Lipinski definition) is 2. The molecule has 0 spiro atoms. The average molecular weight is 349 g/mol. The van der Waals surface area contributed by atoms with E-state index >= 15 is 0 Å². The number of furan rings is 1.